The van der Waals surface area contributed by atoms with Crippen LogP contribution in [-0.4, -0.2) is 6.04 Å². The van der Waals surface area contributed by atoms with Gasteiger partial charge in [-0.05, 0) is 24.7 Å². The molecule has 0 saturated heterocycles. The van der Waals surface area contributed by atoms with Gasteiger partial charge >= 0.3 is 0 Å². The summed E-state index contributed by atoms with van der Waals surface area (Å²) in [7, 11) is 0. The van der Waals surface area contributed by atoms with Crippen LogP contribution in [0.1, 0.15) is 32.1 Å². The summed E-state index contributed by atoms with van der Waals surface area (Å²) in [5.74, 6) is 1.97. The van der Waals surface area contributed by atoms with Crippen molar-refractivity contribution in [1.29, 1.82) is 0 Å². The Morgan fingerprint density at radius 2 is 1.80 bits per heavy atom. The van der Waals surface area contributed by atoms with Gasteiger partial charge in [-0.2, -0.15) is 0 Å². The van der Waals surface area contributed by atoms with E-state index in [4.69, 9.17) is 5.73 Å². The van der Waals surface area contributed by atoms with Crippen molar-refractivity contribution >= 4 is 12.4 Å². The first kappa shape index (κ1) is 8.35. The normalized spacial score (nSPS) is 44.7. The molecular weight excluding hydrogens is 146 g/mol. The lowest BCUT2D eigenvalue weighted by atomic mass is 9.62. The molecule has 2 aliphatic rings. The minimum Gasteiger partial charge on any atom is -0.327 e. The molecule has 60 valence electrons. The van der Waals surface area contributed by atoms with E-state index in [-0.39, 0.29) is 12.4 Å². The van der Waals surface area contributed by atoms with Gasteiger partial charge in [0, 0.05) is 6.04 Å². The minimum absolute atomic E-state index is 0. The van der Waals surface area contributed by atoms with Gasteiger partial charge in [-0.25, -0.2) is 0 Å². The van der Waals surface area contributed by atoms with E-state index in [1.807, 2.05) is 0 Å². The van der Waals surface area contributed by atoms with Gasteiger partial charge in [-0.1, -0.05) is 19.3 Å². The van der Waals surface area contributed by atoms with E-state index in [1.165, 1.54) is 32.1 Å². The molecule has 0 aromatic carbocycles. The highest BCUT2D eigenvalue weighted by Gasteiger charge is 2.39. The summed E-state index contributed by atoms with van der Waals surface area (Å²) in [5.41, 5.74) is 5.83. The predicted molar refractivity (Wildman–Crippen MR) is 45.3 cm³/mol. The summed E-state index contributed by atoms with van der Waals surface area (Å²) in [6.45, 7) is 0. The van der Waals surface area contributed by atoms with Crippen molar-refractivity contribution in [2.45, 2.75) is 38.1 Å². The summed E-state index contributed by atoms with van der Waals surface area (Å²) < 4.78 is 0. The fourth-order valence-electron chi connectivity index (χ4n) is 2.42. The zero-order valence-electron chi connectivity index (χ0n) is 6.25. The highest BCUT2D eigenvalue weighted by molar-refractivity contribution is 5.85. The van der Waals surface area contributed by atoms with Crippen molar-refractivity contribution < 1.29 is 0 Å². The molecule has 10 heavy (non-hydrogen) atoms. The van der Waals surface area contributed by atoms with Crippen LogP contribution in [0.5, 0.6) is 0 Å². The van der Waals surface area contributed by atoms with Gasteiger partial charge in [0.1, 0.15) is 0 Å². The third-order valence-electron chi connectivity index (χ3n) is 3.09. The smallest absolute Gasteiger partial charge is 0.00725 e. The first-order chi connectivity index (χ1) is 4.38. The largest absolute Gasteiger partial charge is 0.327 e. The molecule has 1 nitrogen and oxygen atoms in total. The average molecular weight is 162 g/mol. The summed E-state index contributed by atoms with van der Waals surface area (Å²) in [6.07, 6.45) is 7.12. The van der Waals surface area contributed by atoms with Gasteiger partial charge in [0.05, 0.1) is 0 Å². The molecule has 3 atom stereocenters. The molecular formula is C8H16ClN. The lowest BCUT2D eigenvalue weighted by Gasteiger charge is -2.46. The van der Waals surface area contributed by atoms with Crippen molar-refractivity contribution in [2.75, 3.05) is 0 Å². The van der Waals surface area contributed by atoms with Crippen molar-refractivity contribution in [2.24, 2.45) is 17.6 Å². The van der Waals surface area contributed by atoms with E-state index < -0.39 is 0 Å². The molecule has 0 unspecified atom stereocenters. The Hall–Kier alpha value is 0.250. The molecule has 0 bridgehead atoms. The molecule has 2 fully saturated rings. The molecule has 0 heterocycles. The van der Waals surface area contributed by atoms with Crippen LogP contribution in [0.25, 0.3) is 0 Å². The Morgan fingerprint density at radius 1 is 1.10 bits per heavy atom. The van der Waals surface area contributed by atoms with Crippen LogP contribution in [0, 0.1) is 11.8 Å². The lowest BCUT2D eigenvalue weighted by molar-refractivity contribution is 0.0835. The summed E-state index contributed by atoms with van der Waals surface area (Å²) in [4.78, 5) is 0. The van der Waals surface area contributed by atoms with E-state index in [0.717, 1.165) is 11.8 Å². The second-order valence-corrected chi connectivity index (χ2v) is 3.61. The lowest BCUT2D eigenvalue weighted by Crippen LogP contribution is -2.48. The van der Waals surface area contributed by atoms with Crippen molar-refractivity contribution in [3.05, 3.63) is 0 Å². The van der Waals surface area contributed by atoms with Crippen LogP contribution in [-0.2, 0) is 0 Å². The molecule has 0 amide bonds. The van der Waals surface area contributed by atoms with Crippen LogP contribution in [0.15, 0.2) is 0 Å². The molecule has 0 aromatic rings. The van der Waals surface area contributed by atoms with Gasteiger partial charge < -0.3 is 5.73 Å². The first-order valence-electron chi connectivity index (χ1n) is 4.13. The van der Waals surface area contributed by atoms with E-state index in [1.54, 1.807) is 0 Å². The van der Waals surface area contributed by atoms with E-state index in [9.17, 15) is 0 Å². The Morgan fingerprint density at radius 3 is 2.30 bits per heavy atom. The summed E-state index contributed by atoms with van der Waals surface area (Å²) >= 11 is 0. The quantitative estimate of drug-likeness (QED) is 0.578. The van der Waals surface area contributed by atoms with Crippen molar-refractivity contribution in [3.63, 3.8) is 0 Å². The fourth-order valence-corrected chi connectivity index (χ4v) is 2.42. The van der Waals surface area contributed by atoms with Gasteiger partial charge in [0.25, 0.3) is 0 Å². The highest BCUT2D eigenvalue weighted by Crippen LogP contribution is 2.43. The molecule has 0 aliphatic heterocycles. The maximum Gasteiger partial charge on any atom is 0.00725 e. The molecule has 2 aliphatic carbocycles. The third-order valence-corrected chi connectivity index (χ3v) is 3.09. The zero-order valence-corrected chi connectivity index (χ0v) is 7.07. The maximum atomic E-state index is 5.83. The van der Waals surface area contributed by atoms with Crippen LogP contribution in [0.4, 0.5) is 0 Å². The molecule has 0 aromatic heterocycles. The zero-order chi connectivity index (χ0) is 6.27. The van der Waals surface area contributed by atoms with E-state index in [2.05, 4.69) is 0 Å². The molecule has 2 rings (SSSR count). The molecule has 2 N–H and O–H groups in total. The number of hydrogen-bond donors (Lipinski definition) is 1. The Kier molecular flexibility index (Phi) is 2.59. The second-order valence-electron chi connectivity index (χ2n) is 3.61. The number of halogens is 1. The first-order valence-corrected chi connectivity index (χ1v) is 4.13. The Labute approximate surface area is 68.8 Å². The SMILES string of the molecule is Cl.N[C@@H]1C[C@@H]2CCCC[C@@H]21. The number of fused-ring (bicyclic) bond motifs is 1. The van der Waals surface area contributed by atoms with Gasteiger partial charge in [-0.3, -0.25) is 0 Å². The van der Waals surface area contributed by atoms with Gasteiger partial charge in [0.15, 0.2) is 0 Å². The molecule has 0 spiro atoms. The average Bonchev–Trinajstić information content (AvgIpc) is 1.86. The fraction of sp³-hybridized carbons (Fsp3) is 1.00. The number of nitrogens with two attached hydrogens (primary N) is 1. The van der Waals surface area contributed by atoms with Gasteiger partial charge in [0.2, 0.25) is 0 Å². The summed E-state index contributed by atoms with van der Waals surface area (Å²) in [6, 6.07) is 0.579. The van der Waals surface area contributed by atoms with Crippen LogP contribution >= 0.6 is 12.4 Å². The third kappa shape index (κ3) is 1.17. The molecule has 2 heteroatoms. The minimum atomic E-state index is 0. The van der Waals surface area contributed by atoms with Gasteiger partial charge in [-0.15, -0.1) is 12.4 Å². The highest BCUT2D eigenvalue weighted by atomic mass is 35.5. The summed E-state index contributed by atoms with van der Waals surface area (Å²) in [5, 5.41) is 0. The molecule has 0 radical (unpaired) electrons. The van der Waals surface area contributed by atoms with Crippen LogP contribution in [0.2, 0.25) is 0 Å². The monoisotopic (exact) mass is 161 g/mol. The number of hydrogen-bond acceptors (Lipinski definition) is 1. The van der Waals surface area contributed by atoms with Crippen molar-refractivity contribution in [3.8, 4) is 0 Å². The molecule has 2 saturated carbocycles. The van der Waals surface area contributed by atoms with Crippen molar-refractivity contribution in [1.82, 2.24) is 0 Å². The topological polar surface area (TPSA) is 26.0 Å². The Bertz CT molecular complexity index is 114. The van der Waals surface area contributed by atoms with Crippen LogP contribution < -0.4 is 5.73 Å². The van der Waals surface area contributed by atoms with E-state index in [0.29, 0.717) is 6.04 Å². The maximum absolute atomic E-state index is 5.83. The Balaban J connectivity index is 0.000000500. The van der Waals surface area contributed by atoms with E-state index >= 15 is 0 Å². The second kappa shape index (κ2) is 3.10. The standard InChI is InChI=1S/C8H15N.ClH/c9-8-5-6-3-1-2-4-7(6)8;/h6-8H,1-5,9H2;1H/t6-,7-,8+;/m0./s1. The van der Waals surface area contributed by atoms with Crippen LogP contribution in [0.3, 0.4) is 0 Å². The predicted octanol–water partition coefficient (Wildman–Crippen LogP) is 1.95. The number of rotatable bonds is 0.